The van der Waals surface area contributed by atoms with E-state index >= 15 is 0 Å². The predicted octanol–water partition coefficient (Wildman–Crippen LogP) is 7.57. The second kappa shape index (κ2) is 9.85. The number of carbonyl (C=O) groups excluding carboxylic acids is 1. The maximum Gasteiger partial charge on any atom is 0.340 e. The Balaban J connectivity index is 1.78. The number of fused-ring (bicyclic) bond motifs is 1. The predicted molar refractivity (Wildman–Crippen MR) is 153 cm³/mol. The number of ether oxygens (including phenoxy) is 1. The summed E-state index contributed by atoms with van der Waals surface area (Å²) in [6, 6.07) is 13.6. The third-order valence-corrected chi connectivity index (χ3v) is 7.22. The van der Waals surface area contributed by atoms with Crippen molar-refractivity contribution < 1.29 is 9.53 Å². The molecule has 0 fully saturated rings. The van der Waals surface area contributed by atoms with Gasteiger partial charge in [0.25, 0.3) is 5.56 Å². The first-order valence-corrected chi connectivity index (χ1v) is 13.2. The topological polar surface area (TPSA) is 60.3 Å². The zero-order valence-corrected chi connectivity index (χ0v) is 23.5. The summed E-state index contributed by atoms with van der Waals surface area (Å²) in [7, 11) is 1.87. The number of esters is 1. The summed E-state index contributed by atoms with van der Waals surface area (Å²) in [5.74, 6) is -0.361. The number of para-hydroxylation sites is 1. The van der Waals surface area contributed by atoms with Crippen molar-refractivity contribution in [1.29, 1.82) is 0 Å². The van der Waals surface area contributed by atoms with Gasteiger partial charge in [-0.15, -0.1) is 0 Å². The van der Waals surface area contributed by atoms with Crippen LogP contribution in [-0.4, -0.2) is 16.1 Å². The fraction of sp³-hybridized carbons (Fsp3) is 0.438. The fourth-order valence-corrected chi connectivity index (χ4v) is 5.09. The Morgan fingerprint density at radius 3 is 2.46 bits per heavy atom. The molecule has 1 aliphatic carbocycles. The maximum atomic E-state index is 13.5. The molecule has 5 nitrogen and oxygen atoms in total. The van der Waals surface area contributed by atoms with Crippen LogP contribution in [0.15, 0.2) is 53.3 Å². The molecule has 1 N–H and O–H groups in total. The average molecular weight is 501 g/mol. The molecular formula is C32H40N2O3. The highest BCUT2D eigenvalue weighted by Gasteiger charge is 2.25. The van der Waals surface area contributed by atoms with Gasteiger partial charge in [0.15, 0.2) is 0 Å². The number of aromatic nitrogens is 1. The number of carbonyl (C=O) groups is 1. The van der Waals surface area contributed by atoms with Crippen molar-refractivity contribution in [3.8, 4) is 0 Å². The molecule has 4 rings (SSSR count). The molecule has 0 amide bonds. The summed E-state index contributed by atoms with van der Waals surface area (Å²) < 4.78 is 7.44. The summed E-state index contributed by atoms with van der Waals surface area (Å²) in [5.41, 5.74) is 5.22. The van der Waals surface area contributed by atoms with Crippen LogP contribution in [0.2, 0.25) is 0 Å². The monoisotopic (exact) mass is 500 g/mol. The molecular weight excluding hydrogens is 460 g/mol. The maximum absolute atomic E-state index is 13.5. The largest absolute Gasteiger partial charge is 0.456 e. The highest BCUT2D eigenvalue weighted by molar-refractivity contribution is 5.96. The zero-order chi connectivity index (χ0) is 27.1. The SMILES string of the molecule is Cc1cc(C(C)Nc2ccccc2C(=O)OC(C)(C)C)c2cc(C3=CCC(C)(C)CC3)n(C)c(=O)c2c1. The number of aryl methyl sites for hydroxylation is 1. The van der Waals surface area contributed by atoms with Gasteiger partial charge in [0.2, 0.25) is 0 Å². The Bertz CT molecular complexity index is 1440. The van der Waals surface area contributed by atoms with E-state index in [0.717, 1.165) is 41.5 Å². The van der Waals surface area contributed by atoms with Crippen molar-refractivity contribution in [1.82, 2.24) is 4.57 Å². The van der Waals surface area contributed by atoms with Gasteiger partial charge in [-0.2, -0.15) is 0 Å². The molecule has 5 heteroatoms. The van der Waals surface area contributed by atoms with E-state index in [1.807, 2.05) is 59.0 Å². The Labute approximate surface area is 220 Å². The number of hydrogen-bond donors (Lipinski definition) is 1. The van der Waals surface area contributed by atoms with Gasteiger partial charge in [0.05, 0.1) is 5.56 Å². The second-order valence-electron chi connectivity index (χ2n) is 12.2. The van der Waals surface area contributed by atoms with Gasteiger partial charge in [-0.25, -0.2) is 4.79 Å². The Hall–Kier alpha value is -3.34. The quantitative estimate of drug-likeness (QED) is 0.367. The Kier molecular flexibility index (Phi) is 7.11. The number of hydrogen-bond acceptors (Lipinski definition) is 4. The molecule has 37 heavy (non-hydrogen) atoms. The molecule has 1 heterocycles. The zero-order valence-electron chi connectivity index (χ0n) is 23.5. The lowest BCUT2D eigenvalue weighted by Gasteiger charge is -2.29. The van der Waals surface area contributed by atoms with Crippen molar-refractivity contribution in [3.05, 3.63) is 81.3 Å². The van der Waals surface area contributed by atoms with Crippen molar-refractivity contribution >= 4 is 28.0 Å². The lowest BCUT2D eigenvalue weighted by molar-refractivity contribution is 0.00706. The molecule has 0 spiro atoms. The summed E-state index contributed by atoms with van der Waals surface area (Å²) in [6.07, 6.45) is 5.38. The summed E-state index contributed by atoms with van der Waals surface area (Å²) >= 11 is 0. The van der Waals surface area contributed by atoms with Crippen molar-refractivity contribution in [3.63, 3.8) is 0 Å². The van der Waals surface area contributed by atoms with E-state index in [1.54, 1.807) is 10.6 Å². The first-order chi connectivity index (χ1) is 17.3. The Morgan fingerprint density at radius 1 is 1.11 bits per heavy atom. The second-order valence-corrected chi connectivity index (χ2v) is 12.2. The van der Waals surface area contributed by atoms with E-state index in [1.165, 1.54) is 5.57 Å². The number of anilines is 1. The fourth-order valence-electron chi connectivity index (χ4n) is 5.09. The lowest BCUT2D eigenvalue weighted by atomic mass is 9.77. The smallest absolute Gasteiger partial charge is 0.340 e. The van der Waals surface area contributed by atoms with Crippen molar-refractivity contribution in [2.45, 2.75) is 79.4 Å². The minimum atomic E-state index is -0.581. The molecule has 0 aliphatic heterocycles. The van der Waals surface area contributed by atoms with Gasteiger partial charge in [-0.1, -0.05) is 38.1 Å². The first-order valence-electron chi connectivity index (χ1n) is 13.2. The van der Waals surface area contributed by atoms with Crippen LogP contribution >= 0.6 is 0 Å². The number of allylic oxidation sites excluding steroid dienone is 2. The number of nitrogens with zero attached hydrogens (tertiary/aromatic N) is 1. The van der Waals surface area contributed by atoms with Gasteiger partial charge in [-0.05, 0) is 106 Å². The summed E-state index contributed by atoms with van der Waals surface area (Å²) in [6.45, 7) is 14.3. The molecule has 0 bridgehead atoms. The number of rotatable bonds is 5. The minimum Gasteiger partial charge on any atom is -0.456 e. The van der Waals surface area contributed by atoms with Gasteiger partial charge in [0.1, 0.15) is 5.60 Å². The molecule has 1 aromatic heterocycles. The standard InChI is InChI=1S/C32H40N2O3/c1-20-17-24(21(2)33-27-12-10-9-11-23(27)30(36)37-31(3,4)5)25-19-28(34(8)29(35)26(25)18-20)22-13-15-32(6,7)16-14-22/h9-13,17-19,21,33H,14-16H2,1-8H3. The van der Waals surface area contributed by atoms with E-state index in [9.17, 15) is 9.59 Å². The van der Waals surface area contributed by atoms with Gasteiger partial charge in [0, 0.05) is 29.9 Å². The molecule has 1 unspecified atom stereocenters. The summed E-state index contributed by atoms with van der Waals surface area (Å²) in [5, 5.41) is 5.20. The highest BCUT2D eigenvalue weighted by atomic mass is 16.6. The minimum absolute atomic E-state index is 0.0181. The first kappa shape index (κ1) is 26.7. The van der Waals surface area contributed by atoms with Crippen molar-refractivity contribution in [2.24, 2.45) is 12.5 Å². The van der Waals surface area contributed by atoms with Crippen LogP contribution in [0.4, 0.5) is 5.69 Å². The van der Waals surface area contributed by atoms with Gasteiger partial charge in [-0.3, -0.25) is 4.79 Å². The molecule has 3 aromatic rings. The number of nitrogens with one attached hydrogen (secondary N) is 1. The summed E-state index contributed by atoms with van der Waals surface area (Å²) in [4.78, 5) is 26.4. The molecule has 0 radical (unpaired) electrons. The third kappa shape index (κ3) is 5.82. The van der Waals surface area contributed by atoms with Crippen LogP contribution in [0.1, 0.15) is 94.0 Å². The average Bonchev–Trinajstić information content (AvgIpc) is 2.80. The Morgan fingerprint density at radius 2 is 1.81 bits per heavy atom. The normalized spacial score (nSPS) is 16.3. The van der Waals surface area contributed by atoms with Crippen LogP contribution in [0.3, 0.4) is 0 Å². The van der Waals surface area contributed by atoms with Crippen molar-refractivity contribution in [2.75, 3.05) is 5.32 Å². The van der Waals surface area contributed by atoms with Crippen LogP contribution in [0.25, 0.3) is 16.3 Å². The van der Waals surface area contributed by atoms with Crippen LogP contribution < -0.4 is 10.9 Å². The van der Waals surface area contributed by atoms with Gasteiger partial charge >= 0.3 is 5.97 Å². The van der Waals surface area contributed by atoms with E-state index in [4.69, 9.17) is 4.74 Å². The van der Waals surface area contributed by atoms with Crippen LogP contribution in [0, 0.1) is 12.3 Å². The molecule has 0 saturated carbocycles. The third-order valence-electron chi connectivity index (χ3n) is 7.22. The van der Waals surface area contributed by atoms with Gasteiger partial charge < -0.3 is 14.6 Å². The van der Waals surface area contributed by atoms with Crippen LogP contribution in [-0.2, 0) is 11.8 Å². The van der Waals surface area contributed by atoms with Crippen LogP contribution in [0.5, 0.6) is 0 Å². The number of benzene rings is 2. The van der Waals surface area contributed by atoms with E-state index < -0.39 is 5.60 Å². The van der Waals surface area contributed by atoms with E-state index in [2.05, 4.69) is 44.3 Å². The molecule has 0 saturated heterocycles. The number of pyridine rings is 1. The molecule has 1 aliphatic rings. The molecule has 196 valence electrons. The lowest BCUT2D eigenvalue weighted by Crippen LogP contribution is -2.25. The van der Waals surface area contributed by atoms with E-state index in [0.29, 0.717) is 22.1 Å². The molecule has 1 atom stereocenters. The highest BCUT2D eigenvalue weighted by Crippen LogP contribution is 2.38. The van der Waals surface area contributed by atoms with E-state index in [-0.39, 0.29) is 17.6 Å². The molecule has 2 aromatic carbocycles.